The number of hydrazone groups is 1. The van der Waals surface area contributed by atoms with E-state index in [1.165, 1.54) is 18.2 Å². The second-order valence-corrected chi connectivity index (χ2v) is 7.40. The van der Waals surface area contributed by atoms with Crippen molar-refractivity contribution in [1.82, 2.24) is 15.3 Å². The second kappa shape index (κ2) is 9.48. The van der Waals surface area contributed by atoms with E-state index in [4.69, 9.17) is 0 Å². The maximum atomic E-state index is 13.2. The maximum Gasteiger partial charge on any atom is 0.339 e. The standard InChI is InChI=1S/C19H22FN5OS/c1-14(23-24-19(26)22-17-6-2-5-16(20)12-17)18-15(4-3-7-21-18)13-25-8-10-27-11-9-25/h2-7,12H,8-11,13H2,1H3,(H2,22,24,26). The normalized spacial score (nSPS) is 15.4. The fraction of sp³-hybridized carbons (Fsp3) is 0.316. The lowest BCUT2D eigenvalue weighted by Gasteiger charge is -2.26. The molecule has 1 fully saturated rings. The van der Waals surface area contributed by atoms with Crippen molar-refractivity contribution in [2.75, 3.05) is 29.9 Å². The minimum atomic E-state index is -0.537. The fourth-order valence-electron chi connectivity index (χ4n) is 2.81. The van der Waals surface area contributed by atoms with Crippen LogP contribution in [0.1, 0.15) is 18.2 Å². The first-order valence-electron chi connectivity index (χ1n) is 8.73. The van der Waals surface area contributed by atoms with E-state index in [0.29, 0.717) is 11.4 Å². The van der Waals surface area contributed by atoms with Gasteiger partial charge in [-0.3, -0.25) is 9.88 Å². The van der Waals surface area contributed by atoms with E-state index >= 15 is 0 Å². The highest BCUT2D eigenvalue weighted by Crippen LogP contribution is 2.15. The SMILES string of the molecule is CC(=NNC(=O)Nc1cccc(F)c1)c1ncccc1CN1CCSCC1. The zero-order valence-corrected chi connectivity index (χ0v) is 15.9. The molecule has 0 radical (unpaired) electrons. The van der Waals surface area contributed by atoms with Crippen LogP contribution in [0.15, 0.2) is 47.7 Å². The third-order valence-electron chi connectivity index (χ3n) is 4.14. The van der Waals surface area contributed by atoms with E-state index in [9.17, 15) is 9.18 Å². The third-order valence-corrected chi connectivity index (χ3v) is 5.08. The van der Waals surface area contributed by atoms with Gasteiger partial charge in [0, 0.05) is 43.0 Å². The Balaban J connectivity index is 1.64. The van der Waals surface area contributed by atoms with Crippen molar-refractivity contribution < 1.29 is 9.18 Å². The number of anilines is 1. The van der Waals surface area contributed by atoms with Crippen LogP contribution in [-0.4, -0.2) is 46.2 Å². The number of pyridine rings is 1. The number of nitrogens with one attached hydrogen (secondary N) is 2. The summed E-state index contributed by atoms with van der Waals surface area (Å²) in [7, 11) is 0. The average molecular weight is 387 g/mol. The molecule has 0 atom stereocenters. The van der Waals surface area contributed by atoms with Crippen LogP contribution >= 0.6 is 11.8 Å². The predicted octanol–water partition coefficient (Wildman–Crippen LogP) is 3.32. The summed E-state index contributed by atoms with van der Waals surface area (Å²) in [6, 6.07) is 9.10. The molecule has 2 N–H and O–H groups in total. The largest absolute Gasteiger partial charge is 0.339 e. The number of halogens is 1. The minimum Gasteiger partial charge on any atom is -0.306 e. The molecule has 1 aromatic heterocycles. The summed E-state index contributed by atoms with van der Waals surface area (Å²) in [5, 5.41) is 6.68. The molecule has 8 heteroatoms. The first kappa shape index (κ1) is 19.3. The van der Waals surface area contributed by atoms with Gasteiger partial charge >= 0.3 is 6.03 Å². The topological polar surface area (TPSA) is 69.6 Å². The molecule has 1 aromatic carbocycles. The predicted molar refractivity (Wildman–Crippen MR) is 108 cm³/mol. The lowest BCUT2D eigenvalue weighted by molar-refractivity contribution is 0.252. The highest BCUT2D eigenvalue weighted by Gasteiger charge is 2.14. The van der Waals surface area contributed by atoms with E-state index in [2.05, 4.69) is 25.7 Å². The van der Waals surface area contributed by atoms with E-state index in [1.54, 1.807) is 19.2 Å². The third kappa shape index (κ3) is 5.77. The molecule has 0 bridgehead atoms. The monoisotopic (exact) mass is 387 g/mol. The van der Waals surface area contributed by atoms with Gasteiger partial charge < -0.3 is 5.32 Å². The molecule has 3 rings (SSSR count). The Morgan fingerprint density at radius 2 is 2.11 bits per heavy atom. The summed E-state index contributed by atoms with van der Waals surface area (Å²) in [6.07, 6.45) is 1.72. The van der Waals surface area contributed by atoms with Gasteiger partial charge in [-0.2, -0.15) is 16.9 Å². The van der Waals surface area contributed by atoms with Gasteiger partial charge in [0.1, 0.15) is 5.82 Å². The first-order valence-corrected chi connectivity index (χ1v) is 9.88. The number of carbonyl (C=O) groups excluding carboxylic acids is 1. The van der Waals surface area contributed by atoms with Gasteiger partial charge in [-0.25, -0.2) is 14.6 Å². The summed E-state index contributed by atoms with van der Waals surface area (Å²) in [4.78, 5) is 18.8. The molecular formula is C19H22FN5OS. The maximum absolute atomic E-state index is 13.2. The number of hydrogen-bond donors (Lipinski definition) is 2. The number of amides is 2. The molecule has 142 valence electrons. The van der Waals surface area contributed by atoms with Crippen LogP contribution in [0.5, 0.6) is 0 Å². The van der Waals surface area contributed by atoms with Crippen molar-refractivity contribution >= 4 is 29.2 Å². The average Bonchev–Trinajstić information content (AvgIpc) is 2.67. The number of benzene rings is 1. The van der Waals surface area contributed by atoms with Crippen LogP contribution < -0.4 is 10.7 Å². The van der Waals surface area contributed by atoms with Gasteiger partial charge in [0.05, 0.1) is 11.4 Å². The quantitative estimate of drug-likeness (QED) is 0.610. The Morgan fingerprint density at radius 3 is 2.89 bits per heavy atom. The van der Waals surface area contributed by atoms with Gasteiger partial charge in [0.25, 0.3) is 0 Å². The smallest absolute Gasteiger partial charge is 0.306 e. The summed E-state index contributed by atoms with van der Waals surface area (Å²) in [6.45, 7) is 4.74. The summed E-state index contributed by atoms with van der Waals surface area (Å²) < 4.78 is 13.2. The van der Waals surface area contributed by atoms with E-state index in [1.807, 2.05) is 23.9 Å². The Hall–Kier alpha value is -2.45. The Morgan fingerprint density at radius 1 is 1.30 bits per heavy atom. The van der Waals surface area contributed by atoms with Crippen molar-refractivity contribution in [2.45, 2.75) is 13.5 Å². The van der Waals surface area contributed by atoms with Crippen molar-refractivity contribution in [2.24, 2.45) is 5.10 Å². The molecule has 1 aliphatic heterocycles. The molecule has 0 unspecified atom stereocenters. The van der Waals surface area contributed by atoms with E-state index in [-0.39, 0.29) is 0 Å². The molecule has 27 heavy (non-hydrogen) atoms. The lowest BCUT2D eigenvalue weighted by atomic mass is 10.1. The summed E-state index contributed by atoms with van der Waals surface area (Å²) >= 11 is 1.97. The van der Waals surface area contributed by atoms with E-state index < -0.39 is 11.8 Å². The Bertz CT molecular complexity index is 823. The number of thioether (sulfide) groups is 1. The molecule has 2 amide bonds. The highest BCUT2D eigenvalue weighted by molar-refractivity contribution is 7.99. The fourth-order valence-corrected chi connectivity index (χ4v) is 3.78. The highest BCUT2D eigenvalue weighted by atomic mass is 32.2. The number of hydrogen-bond acceptors (Lipinski definition) is 5. The van der Waals surface area contributed by atoms with Crippen LogP contribution in [0, 0.1) is 5.82 Å². The molecular weight excluding hydrogens is 365 g/mol. The zero-order chi connectivity index (χ0) is 19.1. The zero-order valence-electron chi connectivity index (χ0n) is 15.1. The molecule has 0 aliphatic carbocycles. The lowest BCUT2D eigenvalue weighted by Crippen LogP contribution is -2.32. The van der Waals surface area contributed by atoms with Crippen LogP contribution in [0.4, 0.5) is 14.9 Å². The van der Waals surface area contributed by atoms with Crippen molar-refractivity contribution in [3.8, 4) is 0 Å². The minimum absolute atomic E-state index is 0.363. The van der Waals surface area contributed by atoms with Gasteiger partial charge in [-0.15, -0.1) is 0 Å². The van der Waals surface area contributed by atoms with Crippen LogP contribution in [0.25, 0.3) is 0 Å². The number of aromatic nitrogens is 1. The molecule has 2 heterocycles. The number of nitrogens with zero attached hydrogens (tertiary/aromatic N) is 3. The van der Waals surface area contributed by atoms with Crippen molar-refractivity contribution in [3.05, 3.63) is 59.7 Å². The molecule has 0 spiro atoms. The summed E-state index contributed by atoms with van der Waals surface area (Å²) in [5.41, 5.74) is 5.27. The van der Waals surface area contributed by atoms with Crippen molar-refractivity contribution in [3.63, 3.8) is 0 Å². The Labute approximate surface area is 162 Å². The van der Waals surface area contributed by atoms with Crippen LogP contribution in [0.2, 0.25) is 0 Å². The molecule has 2 aromatic rings. The molecule has 1 aliphatic rings. The van der Waals surface area contributed by atoms with Crippen LogP contribution in [0.3, 0.4) is 0 Å². The first-order chi connectivity index (χ1) is 13.1. The molecule has 1 saturated heterocycles. The Kier molecular flexibility index (Phi) is 6.78. The molecule has 6 nitrogen and oxygen atoms in total. The van der Waals surface area contributed by atoms with Gasteiger partial charge in [-0.05, 0) is 36.8 Å². The molecule has 0 saturated carbocycles. The summed E-state index contributed by atoms with van der Waals surface area (Å²) in [5.74, 6) is 1.87. The number of urea groups is 1. The van der Waals surface area contributed by atoms with Crippen molar-refractivity contribution in [1.29, 1.82) is 0 Å². The van der Waals surface area contributed by atoms with Gasteiger partial charge in [-0.1, -0.05) is 12.1 Å². The second-order valence-electron chi connectivity index (χ2n) is 6.17. The van der Waals surface area contributed by atoms with E-state index in [0.717, 1.165) is 42.4 Å². The van der Waals surface area contributed by atoms with Gasteiger partial charge in [0.2, 0.25) is 0 Å². The van der Waals surface area contributed by atoms with Crippen LogP contribution in [-0.2, 0) is 6.54 Å². The number of rotatable bonds is 5. The van der Waals surface area contributed by atoms with Gasteiger partial charge in [0.15, 0.2) is 0 Å². The number of carbonyl (C=O) groups is 1.